The van der Waals surface area contributed by atoms with Crippen LogP contribution < -0.4 is 34.3 Å². The van der Waals surface area contributed by atoms with Crippen LogP contribution in [0.3, 0.4) is 0 Å². The molecule has 1 aliphatic carbocycles. The average molecular weight is 641 g/mol. The summed E-state index contributed by atoms with van der Waals surface area (Å²) in [5.41, 5.74) is 2.30. The van der Waals surface area contributed by atoms with Crippen LogP contribution in [0.4, 0.5) is 4.79 Å². The lowest BCUT2D eigenvalue weighted by atomic mass is 9.66. The van der Waals surface area contributed by atoms with Gasteiger partial charge in [0.25, 0.3) is 0 Å². The first-order chi connectivity index (χ1) is 21.9. The third-order valence-electron chi connectivity index (χ3n) is 9.48. The Labute approximate surface area is 264 Å². The van der Waals surface area contributed by atoms with Crippen molar-refractivity contribution in [2.24, 2.45) is 11.8 Å². The van der Waals surface area contributed by atoms with E-state index in [4.69, 9.17) is 33.2 Å². The molecule has 0 radical (unpaired) electrons. The standard InChI is InChI=1S/C32H36N2O10S/c1-38-22-8-15(9-23(39-2)30(22)40-3)26-16-10-20-21(43-14-42-20)11-17(16)29(18-12-41-31(36)27(18)26)44-25(35)7-5-4-6-24-28-19(13-45-24)33-32(37)34-28/h8-11,18-19,24,26-29H,4-7,12-14H2,1-3H3,(H2,33,34,37)/t18-,19+,24-,26+,27+,28+,29+/m0/s1. The molecule has 0 bridgehead atoms. The molecule has 2 aromatic carbocycles. The van der Waals surface area contributed by atoms with Gasteiger partial charge in [-0.3, -0.25) is 9.59 Å². The van der Waals surface area contributed by atoms with Gasteiger partial charge in [-0.25, -0.2) is 4.79 Å². The van der Waals surface area contributed by atoms with Gasteiger partial charge < -0.3 is 43.8 Å². The van der Waals surface area contributed by atoms with Gasteiger partial charge in [0.2, 0.25) is 12.5 Å². The van der Waals surface area contributed by atoms with Crippen molar-refractivity contribution in [1.82, 2.24) is 10.6 Å². The molecule has 4 aliphatic heterocycles. The van der Waals surface area contributed by atoms with Crippen molar-refractivity contribution >= 4 is 29.7 Å². The van der Waals surface area contributed by atoms with Gasteiger partial charge in [0.1, 0.15) is 6.10 Å². The number of methoxy groups -OCH3 is 3. The molecule has 7 atom stereocenters. The monoisotopic (exact) mass is 640 g/mol. The number of amides is 2. The molecule has 45 heavy (non-hydrogen) atoms. The second-order valence-corrected chi connectivity index (χ2v) is 13.1. The van der Waals surface area contributed by atoms with Crippen LogP contribution in [0.25, 0.3) is 0 Å². The molecule has 0 aromatic heterocycles. The highest BCUT2D eigenvalue weighted by atomic mass is 32.2. The van der Waals surface area contributed by atoms with Gasteiger partial charge >= 0.3 is 18.0 Å². The summed E-state index contributed by atoms with van der Waals surface area (Å²) in [5, 5.41) is 6.30. The largest absolute Gasteiger partial charge is 0.493 e. The zero-order valence-corrected chi connectivity index (χ0v) is 26.1. The Kier molecular flexibility index (Phi) is 7.96. The van der Waals surface area contributed by atoms with Crippen LogP contribution in [-0.2, 0) is 19.1 Å². The normalized spacial score (nSPS) is 28.7. The number of hydrogen-bond donors (Lipinski definition) is 2. The Bertz CT molecular complexity index is 1490. The summed E-state index contributed by atoms with van der Waals surface area (Å²) in [6.07, 6.45) is 1.94. The Hall–Kier alpha value is -4.00. The third-order valence-corrected chi connectivity index (χ3v) is 11.0. The summed E-state index contributed by atoms with van der Waals surface area (Å²) in [5.74, 6) is 1.19. The molecule has 13 heteroatoms. The van der Waals surface area contributed by atoms with Crippen LogP contribution in [0, 0.1) is 11.8 Å². The van der Waals surface area contributed by atoms with Crippen molar-refractivity contribution in [1.29, 1.82) is 0 Å². The summed E-state index contributed by atoms with van der Waals surface area (Å²) in [6.45, 7) is 0.199. The van der Waals surface area contributed by atoms with Gasteiger partial charge in [-0.05, 0) is 48.2 Å². The summed E-state index contributed by atoms with van der Waals surface area (Å²) >= 11 is 1.86. The lowest BCUT2D eigenvalue weighted by Crippen LogP contribution is -2.37. The lowest BCUT2D eigenvalue weighted by Gasteiger charge is -2.38. The van der Waals surface area contributed by atoms with Gasteiger partial charge in [-0.1, -0.05) is 6.42 Å². The fraction of sp³-hybridized carbons (Fsp3) is 0.531. The molecular weight excluding hydrogens is 604 g/mol. The van der Waals surface area contributed by atoms with E-state index in [2.05, 4.69) is 10.6 Å². The van der Waals surface area contributed by atoms with Gasteiger partial charge in [0.05, 0.1) is 45.9 Å². The molecule has 2 N–H and O–H groups in total. The number of carbonyl (C=O) groups is 3. The quantitative estimate of drug-likeness (QED) is 0.223. The van der Waals surface area contributed by atoms with Crippen LogP contribution in [0.1, 0.15) is 54.4 Å². The van der Waals surface area contributed by atoms with Gasteiger partial charge in [0.15, 0.2) is 23.0 Å². The first kappa shape index (κ1) is 29.7. The van der Waals surface area contributed by atoms with Crippen molar-refractivity contribution in [3.8, 4) is 28.7 Å². The van der Waals surface area contributed by atoms with E-state index in [1.807, 2.05) is 36.0 Å². The topological polar surface area (TPSA) is 140 Å². The number of hydrogen-bond acceptors (Lipinski definition) is 11. The van der Waals surface area contributed by atoms with Crippen LogP contribution in [0.15, 0.2) is 24.3 Å². The molecule has 4 heterocycles. The molecule has 7 rings (SSSR count). The number of unbranched alkanes of at least 4 members (excludes halogenated alkanes) is 1. The minimum atomic E-state index is -0.706. The first-order valence-electron chi connectivity index (χ1n) is 15.2. The van der Waals surface area contributed by atoms with Crippen LogP contribution in [-0.4, -0.2) is 75.8 Å². The predicted octanol–water partition coefficient (Wildman–Crippen LogP) is 3.69. The van der Waals surface area contributed by atoms with Crippen LogP contribution >= 0.6 is 11.8 Å². The average Bonchev–Trinajstić information content (AvgIpc) is 3.83. The number of rotatable bonds is 10. The number of esters is 2. The van der Waals surface area contributed by atoms with Crippen molar-refractivity contribution in [3.05, 3.63) is 41.0 Å². The van der Waals surface area contributed by atoms with E-state index in [-0.39, 0.29) is 49.9 Å². The van der Waals surface area contributed by atoms with Gasteiger partial charge in [-0.15, -0.1) is 0 Å². The Morgan fingerprint density at radius 2 is 1.67 bits per heavy atom. The molecule has 0 unspecified atom stereocenters. The van der Waals surface area contributed by atoms with E-state index < -0.39 is 23.9 Å². The number of cyclic esters (lactones) is 1. The van der Waals surface area contributed by atoms with Crippen molar-refractivity contribution in [2.75, 3.05) is 40.5 Å². The molecule has 240 valence electrons. The third kappa shape index (κ3) is 5.24. The van der Waals surface area contributed by atoms with E-state index in [9.17, 15) is 14.4 Å². The number of thioether (sulfide) groups is 1. The number of carbonyl (C=O) groups excluding carboxylic acids is 3. The molecule has 12 nitrogen and oxygen atoms in total. The van der Waals surface area contributed by atoms with E-state index in [0.717, 1.165) is 35.3 Å². The predicted molar refractivity (Wildman–Crippen MR) is 161 cm³/mol. The molecule has 3 fully saturated rings. The zero-order chi connectivity index (χ0) is 31.2. The smallest absolute Gasteiger partial charge is 0.315 e. The highest BCUT2D eigenvalue weighted by molar-refractivity contribution is 8.00. The van der Waals surface area contributed by atoms with E-state index >= 15 is 0 Å². The lowest BCUT2D eigenvalue weighted by molar-refractivity contribution is -0.154. The fourth-order valence-corrected chi connectivity index (χ4v) is 8.95. The number of benzene rings is 2. The molecule has 2 amide bonds. The molecule has 5 aliphatic rings. The second-order valence-electron chi connectivity index (χ2n) is 11.9. The summed E-state index contributed by atoms with van der Waals surface area (Å²) in [7, 11) is 4.63. The van der Waals surface area contributed by atoms with Crippen LogP contribution in [0.2, 0.25) is 0 Å². The maximum absolute atomic E-state index is 13.4. The zero-order valence-electron chi connectivity index (χ0n) is 25.3. The summed E-state index contributed by atoms with van der Waals surface area (Å²) in [6, 6.07) is 7.62. The Morgan fingerprint density at radius 1 is 0.933 bits per heavy atom. The summed E-state index contributed by atoms with van der Waals surface area (Å²) in [4.78, 5) is 38.4. The Balaban J connectivity index is 1.14. The van der Waals surface area contributed by atoms with E-state index in [1.165, 1.54) is 7.11 Å². The van der Waals surface area contributed by atoms with Crippen LogP contribution in [0.5, 0.6) is 28.7 Å². The number of urea groups is 1. The molecule has 0 saturated carbocycles. The number of fused-ring (bicyclic) bond motifs is 4. The second kappa shape index (κ2) is 12.1. The van der Waals surface area contributed by atoms with E-state index in [0.29, 0.717) is 40.4 Å². The SMILES string of the molecule is COc1cc([C@@H]2c3cc4c(cc3[C@@H](OC(=O)CCCC[C@@H]3SC[C@H]5NC(=O)N[C@@H]35)[C@H]3COC(=O)[C@@H]23)OCO4)cc(OC)c1OC. The molecular formula is C32H36N2O10S. The minimum absolute atomic E-state index is 0.0764. The van der Waals surface area contributed by atoms with E-state index in [1.54, 1.807) is 14.2 Å². The fourth-order valence-electron chi connectivity index (χ4n) is 7.40. The molecule has 2 aromatic rings. The maximum atomic E-state index is 13.4. The summed E-state index contributed by atoms with van der Waals surface area (Å²) < 4.78 is 40.1. The molecule has 3 saturated heterocycles. The number of nitrogens with one attached hydrogen (secondary N) is 2. The minimum Gasteiger partial charge on any atom is -0.493 e. The Morgan fingerprint density at radius 3 is 2.38 bits per heavy atom. The highest BCUT2D eigenvalue weighted by Gasteiger charge is 2.54. The van der Waals surface area contributed by atoms with Crippen molar-refractivity contribution < 1.29 is 47.5 Å². The molecule has 0 spiro atoms. The first-order valence-corrected chi connectivity index (χ1v) is 16.2. The van der Waals surface area contributed by atoms with Crippen molar-refractivity contribution in [2.45, 2.75) is 55.0 Å². The maximum Gasteiger partial charge on any atom is 0.315 e. The van der Waals surface area contributed by atoms with Gasteiger partial charge in [-0.2, -0.15) is 11.8 Å². The van der Waals surface area contributed by atoms with Crippen molar-refractivity contribution in [3.63, 3.8) is 0 Å². The van der Waals surface area contributed by atoms with Gasteiger partial charge in [0, 0.05) is 34.8 Å². The highest BCUT2D eigenvalue weighted by Crippen LogP contribution is 2.56. The number of ether oxygens (including phenoxy) is 7.